The van der Waals surface area contributed by atoms with Gasteiger partial charge in [-0.2, -0.15) is 4.31 Å². The summed E-state index contributed by atoms with van der Waals surface area (Å²) >= 11 is 12.1. The quantitative estimate of drug-likeness (QED) is 0.221. The number of carbonyl (C=O) groups excluding carboxylic acids is 1. The minimum atomic E-state index is -4.28. The molecule has 14 heteroatoms. The molecule has 202 valence electrons. The lowest BCUT2D eigenvalue weighted by atomic mass is 10.0. The summed E-state index contributed by atoms with van der Waals surface area (Å²) in [6.07, 6.45) is 1.62. The number of carbonyl (C=O) groups is 1. The van der Waals surface area contributed by atoms with Crippen molar-refractivity contribution in [1.82, 2.24) is 24.5 Å². The fraction of sp³-hybridized carbons (Fsp3) is 0.160. The van der Waals surface area contributed by atoms with Crippen LogP contribution in [0.2, 0.25) is 10.0 Å². The number of sulfonamides is 1. The average Bonchev–Trinajstić information content (AvgIpc) is 3.28. The largest absolute Gasteiger partial charge is 0.489 e. The van der Waals surface area contributed by atoms with Crippen LogP contribution in [0.5, 0.6) is 5.75 Å². The van der Waals surface area contributed by atoms with Crippen LogP contribution in [0.1, 0.15) is 22.9 Å². The van der Waals surface area contributed by atoms with Gasteiger partial charge in [-0.1, -0.05) is 35.3 Å². The Morgan fingerprint density at radius 1 is 1.15 bits per heavy atom. The minimum absolute atomic E-state index is 0.0955. The van der Waals surface area contributed by atoms with Gasteiger partial charge in [0.2, 0.25) is 10.0 Å². The number of H-pyrrole nitrogens is 1. The van der Waals surface area contributed by atoms with Gasteiger partial charge in [-0.3, -0.25) is 19.9 Å². The van der Waals surface area contributed by atoms with Crippen LogP contribution in [-0.2, 0) is 27.8 Å². The van der Waals surface area contributed by atoms with E-state index < -0.39 is 27.5 Å². The number of amides is 1. The van der Waals surface area contributed by atoms with E-state index in [-0.39, 0.29) is 35.8 Å². The Bertz CT molecular complexity index is 1690. The summed E-state index contributed by atoms with van der Waals surface area (Å²) in [4.78, 5) is 30.1. The van der Waals surface area contributed by atoms with Gasteiger partial charge in [0, 0.05) is 40.5 Å². The lowest BCUT2D eigenvalue weighted by molar-refractivity contribution is -0.133. The molecule has 0 unspecified atom stereocenters. The number of nitrogens with zero attached hydrogens (tertiary/aromatic N) is 3. The molecule has 4 aromatic rings. The summed E-state index contributed by atoms with van der Waals surface area (Å²) in [5.41, 5.74) is 1.81. The summed E-state index contributed by atoms with van der Waals surface area (Å²) in [7, 11) is -4.28. The predicted octanol–water partition coefficient (Wildman–Crippen LogP) is 3.24. The number of pyridine rings is 1. The summed E-state index contributed by atoms with van der Waals surface area (Å²) in [5.74, 6) is -0.414. The number of hydroxylamine groups is 1. The van der Waals surface area contributed by atoms with Crippen LogP contribution < -0.4 is 15.8 Å². The second-order valence-electron chi connectivity index (χ2n) is 8.57. The van der Waals surface area contributed by atoms with Crippen molar-refractivity contribution in [3.05, 3.63) is 104 Å². The summed E-state index contributed by atoms with van der Waals surface area (Å²) < 4.78 is 35.0. The molecule has 0 aliphatic carbocycles. The van der Waals surface area contributed by atoms with Crippen molar-refractivity contribution >= 4 is 39.1 Å². The van der Waals surface area contributed by atoms with Gasteiger partial charge >= 0.3 is 0 Å². The second kappa shape index (κ2) is 10.8. The van der Waals surface area contributed by atoms with E-state index in [0.717, 1.165) is 8.99 Å². The van der Waals surface area contributed by atoms with Crippen molar-refractivity contribution in [3.63, 3.8) is 0 Å². The van der Waals surface area contributed by atoms with Crippen LogP contribution in [-0.4, -0.2) is 45.1 Å². The molecule has 0 spiro atoms. The van der Waals surface area contributed by atoms with E-state index in [1.807, 2.05) is 0 Å². The summed E-state index contributed by atoms with van der Waals surface area (Å²) in [6, 6.07) is 13.9. The molecule has 0 radical (unpaired) electrons. The van der Waals surface area contributed by atoms with Crippen molar-refractivity contribution in [2.24, 2.45) is 0 Å². The smallest absolute Gasteiger partial charge is 0.278 e. The van der Waals surface area contributed by atoms with E-state index in [1.54, 1.807) is 36.4 Å². The van der Waals surface area contributed by atoms with E-state index in [0.29, 0.717) is 27.1 Å². The second-order valence-corrected chi connectivity index (χ2v) is 11.3. The van der Waals surface area contributed by atoms with E-state index in [9.17, 15) is 23.2 Å². The highest BCUT2D eigenvalue weighted by molar-refractivity contribution is 7.89. The first-order valence-corrected chi connectivity index (χ1v) is 13.8. The highest BCUT2D eigenvalue weighted by atomic mass is 35.5. The Hall–Kier alpha value is -3.68. The van der Waals surface area contributed by atoms with Gasteiger partial charge in [0.25, 0.3) is 11.5 Å². The van der Waals surface area contributed by atoms with Gasteiger partial charge in [0.15, 0.2) is 5.82 Å². The third-order valence-electron chi connectivity index (χ3n) is 6.23. The number of aromatic amines is 1. The number of fused-ring (bicyclic) bond motifs is 1. The molecule has 0 saturated heterocycles. The lowest BCUT2D eigenvalue weighted by Gasteiger charge is -2.32. The fourth-order valence-electron chi connectivity index (χ4n) is 4.34. The maximum atomic E-state index is 13.6. The molecule has 5 rings (SSSR count). The lowest BCUT2D eigenvalue weighted by Crippen LogP contribution is -2.48. The Morgan fingerprint density at radius 2 is 1.92 bits per heavy atom. The first-order valence-electron chi connectivity index (χ1n) is 11.6. The van der Waals surface area contributed by atoms with Gasteiger partial charge in [-0.25, -0.2) is 23.6 Å². The highest BCUT2D eigenvalue weighted by Gasteiger charge is 2.44. The summed E-state index contributed by atoms with van der Waals surface area (Å²) in [6.45, 7) is 0.00862. The zero-order valence-electron chi connectivity index (χ0n) is 20.0. The highest BCUT2D eigenvalue weighted by Crippen LogP contribution is 2.33. The van der Waals surface area contributed by atoms with E-state index >= 15 is 0 Å². The van der Waals surface area contributed by atoms with Gasteiger partial charge < -0.3 is 4.74 Å². The van der Waals surface area contributed by atoms with Crippen LogP contribution in [0.25, 0.3) is 5.82 Å². The first kappa shape index (κ1) is 26.9. The minimum Gasteiger partial charge on any atom is -0.489 e. The SMILES string of the molecule is O=C(NO)[C@H]1c2c([nH]n(-c3ccccn3)c2=O)CCN1S(=O)(=O)c1ccc(OCc2ccc(Cl)cc2Cl)cc1. The van der Waals surface area contributed by atoms with Gasteiger partial charge in [0.1, 0.15) is 18.4 Å². The average molecular weight is 590 g/mol. The Balaban J connectivity index is 1.43. The first-order chi connectivity index (χ1) is 18.7. The molecule has 1 amide bonds. The maximum absolute atomic E-state index is 13.6. The normalized spacial score (nSPS) is 15.5. The number of aromatic nitrogens is 3. The van der Waals surface area contributed by atoms with Crippen LogP contribution in [0, 0.1) is 0 Å². The molecule has 3 N–H and O–H groups in total. The number of hydrogen-bond donors (Lipinski definition) is 3. The van der Waals surface area contributed by atoms with Crippen molar-refractivity contribution in [1.29, 1.82) is 0 Å². The Kier molecular flexibility index (Phi) is 7.47. The number of halogens is 2. The maximum Gasteiger partial charge on any atom is 0.278 e. The zero-order chi connectivity index (χ0) is 27.7. The fourth-order valence-corrected chi connectivity index (χ4v) is 6.36. The topological polar surface area (TPSA) is 147 Å². The molecule has 3 heterocycles. The van der Waals surface area contributed by atoms with E-state index in [4.69, 9.17) is 27.9 Å². The number of rotatable bonds is 7. The molecule has 0 fully saturated rings. The standard InChI is InChI=1S/C25H21Cl2N5O6S/c26-16-5-4-15(19(27)13-16)14-38-17-6-8-18(9-7-17)39(36,37)31-12-10-20-22(23(31)24(33)30-35)25(34)32(29-20)21-3-1-2-11-28-21/h1-9,11,13,23,29,35H,10,12,14H2,(H,30,33)/t23-/m1/s1. The van der Waals surface area contributed by atoms with Gasteiger partial charge in [0.05, 0.1) is 10.5 Å². The number of benzene rings is 2. The predicted molar refractivity (Wildman–Crippen MR) is 142 cm³/mol. The van der Waals surface area contributed by atoms with Crippen LogP contribution >= 0.6 is 23.2 Å². The molecule has 2 aromatic carbocycles. The van der Waals surface area contributed by atoms with Crippen molar-refractivity contribution in [3.8, 4) is 11.6 Å². The van der Waals surface area contributed by atoms with E-state index in [1.165, 1.54) is 35.9 Å². The van der Waals surface area contributed by atoms with Crippen LogP contribution in [0.15, 0.2) is 76.6 Å². The molecule has 11 nitrogen and oxygen atoms in total. The van der Waals surface area contributed by atoms with Crippen LogP contribution in [0.4, 0.5) is 0 Å². The molecule has 1 aliphatic heterocycles. The van der Waals surface area contributed by atoms with Crippen molar-refractivity contribution < 1.29 is 23.2 Å². The third-order valence-corrected chi connectivity index (χ3v) is 8.69. The Morgan fingerprint density at radius 3 is 2.59 bits per heavy atom. The molecule has 0 saturated carbocycles. The number of nitrogens with one attached hydrogen (secondary N) is 2. The molecular formula is C25H21Cl2N5O6S. The number of hydrogen-bond acceptors (Lipinski definition) is 7. The number of ether oxygens (including phenoxy) is 1. The Labute approximate surface area is 232 Å². The molecule has 39 heavy (non-hydrogen) atoms. The van der Waals surface area contributed by atoms with Gasteiger partial charge in [-0.15, -0.1) is 0 Å². The third kappa shape index (κ3) is 5.16. The molecule has 2 aromatic heterocycles. The molecular weight excluding hydrogens is 569 g/mol. The molecule has 1 aliphatic rings. The summed E-state index contributed by atoms with van der Waals surface area (Å²) in [5, 5.41) is 13.3. The monoisotopic (exact) mass is 589 g/mol. The zero-order valence-corrected chi connectivity index (χ0v) is 22.4. The van der Waals surface area contributed by atoms with Crippen molar-refractivity contribution in [2.75, 3.05) is 6.54 Å². The molecule has 0 bridgehead atoms. The van der Waals surface area contributed by atoms with E-state index in [2.05, 4.69) is 10.1 Å². The van der Waals surface area contributed by atoms with Crippen molar-refractivity contribution in [2.45, 2.75) is 24.0 Å². The van der Waals surface area contributed by atoms with Crippen LogP contribution in [0.3, 0.4) is 0 Å². The molecule has 1 atom stereocenters. The van der Waals surface area contributed by atoms with Gasteiger partial charge in [-0.05, 0) is 48.5 Å².